The molecule has 2 aromatic carbocycles. The Morgan fingerprint density at radius 3 is 1.65 bits per heavy atom. The summed E-state index contributed by atoms with van der Waals surface area (Å²) in [6.07, 6.45) is 2.28. The predicted octanol–water partition coefficient (Wildman–Crippen LogP) is 5.32. The van der Waals surface area contributed by atoms with Crippen LogP contribution in [0.3, 0.4) is 0 Å². The average Bonchev–Trinajstić information content (AvgIpc) is 2.41. The molecule has 0 aliphatic rings. The molecular weight excluding hydrogens is 400 g/mol. The fourth-order valence-corrected chi connectivity index (χ4v) is 1.50. The minimum absolute atomic E-state index is 0. The van der Waals surface area contributed by atoms with Crippen LogP contribution in [0.4, 0.5) is 0 Å². The van der Waals surface area contributed by atoms with Crippen LogP contribution in [0.15, 0.2) is 54.6 Å². The van der Waals surface area contributed by atoms with Gasteiger partial charge < -0.3 is 6.92 Å². The van der Waals surface area contributed by atoms with Gasteiger partial charge in [0.05, 0.1) is 0 Å². The molecule has 4 heteroatoms. The third-order valence-corrected chi connectivity index (χ3v) is 2.76. The van der Waals surface area contributed by atoms with Crippen LogP contribution in [-0.4, -0.2) is 0 Å². The van der Waals surface area contributed by atoms with E-state index in [4.69, 9.17) is 0 Å². The third-order valence-electron chi connectivity index (χ3n) is 2.37. The molecule has 0 amide bonds. The van der Waals surface area contributed by atoms with Crippen LogP contribution in [0.2, 0.25) is 0 Å². The van der Waals surface area contributed by atoms with Crippen LogP contribution in [0.1, 0.15) is 19.8 Å². The number of halogens is 2. The molecule has 0 aromatic heterocycles. The quantitative estimate of drug-likeness (QED) is 0.349. The van der Waals surface area contributed by atoms with E-state index in [0.717, 1.165) is 6.42 Å². The van der Waals surface area contributed by atoms with Crippen molar-refractivity contribution in [3.05, 3.63) is 61.5 Å². The van der Waals surface area contributed by atoms with Crippen molar-refractivity contribution in [3.63, 3.8) is 0 Å². The summed E-state index contributed by atoms with van der Waals surface area (Å²) in [5, 5.41) is 1.22. The van der Waals surface area contributed by atoms with Gasteiger partial charge in [-0.05, 0) is 16.4 Å². The van der Waals surface area contributed by atoms with Crippen molar-refractivity contribution < 1.29 is 20.4 Å². The number of unbranched alkanes of at least 4 members (excludes halogenated alkanes) is 1. The molecule has 0 spiro atoms. The maximum atomic E-state index is 3.60. The Labute approximate surface area is 151 Å². The van der Waals surface area contributed by atoms with Crippen LogP contribution >= 0.6 is 34.1 Å². The number of hydrogen-bond acceptors (Lipinski definition) is 0. The average molecular weight is 423 g/mol. The van der Waals surface area contributed by atoms with Crippen molar-refractivity contribution in [2.24, 2.45) is 0 Å². The fourth-order valence-electron chi connectivity index (χ4n) is 1.31. The van der Waals surface area contributed by atoms with Gasteiger partial charge in [-0.15, -0.1) is 34.1 Å². The molecule has 0 N–H and O–H groups in total. The van der Waals surface area contributed by atoms with E-state index >= 15 is 0 Å². The van der Waals surface area contributed by atoms with E-state index in [-0.39, 0.29) is 45.2 Å². The van der Waals surface area contributed by atoms with Gasteiger partial charge in [0.15, 0.2) is 0 Å². The number of rotatable bonds is 2. The second-order valence-corrected chi connectivity index (χ2v) is 4.51. The molecule has 0 aliphatic heterocycles. The smallest absolute Gasteiger partial charge is 0 e. The van der Waals surface area contributed by atoms with Gasteiger partial charge in [0.1, 0.15) is 0 Å². The van der Waals surface area contributed by atoms with Crippen LogP contribution in [-0.2, 0) is 20.4 Å². The van der Waals surface area contributed by atoms with Gasteiger partial charge in [-0.1, -0.05) is 67.9 Å². The molecule has 0 aliphatic carbocycles. The fraction of sp³-hybridized carbons (Fsp3) is 0.188. The molecule has 1 unspecified atom stereocenters. The largest absolute Gasteiger partial charge is 0.343 e. The zero-order valence-electron chi connectivity index (χ0n) is 11.5. The van der Waals surface area contributed by atoms with E-state index < -0.39 is 0 Å². The molecule has 0 radical (unpaired) electrons. The molecule has 0 saturated carbocycles. The Balaban J connectivity index is -0.000000372. The van der Waals surface area contributed by atoms with Crippen LogP contribution in [0, 0.1) is 6.92 Å². The predicted molar refractivity (Wildman–Crippen MR) is 96.0 cm³/mol. The Morgan fingerprint density at radius 1 is 0.850 bits per heavy atom. The molecule has 20 heavy (non-hydrogen) atoms. The van der Waals surface area contributed by atoms with Crippen molar-refractivity contribution in [1.82, 2.24) is 0 Å². The summed E-state index contributed by atoms with van der Waals surface area (Å²) in [6.45, 7) is 5.72. The summed E-state index contributed by atoms with van der Waals surface area (Å²) in [7, 11) is 2.69. The van der Waals surface area contributed by atoms with E-state index in [1.807, 2.05) is 6.07 Å². The summed E-state index contributed by atoms with van der Waals surface area (Å²) in [6, 6.07) is 18.9. The minimum Gasteiger partial charge on any atom is -0.343 e. The molecule has 0 heterocycles. The monoisotopic (exact) mass is 421 g/mol. The Morgan fingerprint density at radius 2 is 1.25 bits per heavy atom. The van der Waals surface area contributed by atoms with Crippen LogP contribution < -0.4 is 5.30 Å². The first-order chi connectivity index (χ1) is 8.27. The van der Waals surface area contributed by atoms with Crippen molar-refractivity contribution in [2.75, 3.05) is 0 Å². The van der Waals surface area contributed by atoms with Crippen LogP contribution in [0.5, 0.6) is 0 Å². The second-order valence-electron chi connectivity index (χ2n) is 3.84. The van der Waals surface area contributed by atoms with E-state index in [1.54, 1.807) is 0 Å². The molecule has 116 valence electrons. The summed E-state index contributed by atoms with van der Waals surface area (Å²) >= 11 is 0. The Hall–Kier alpha value is 0.112. The van der Waals surface area contributed by atoms with Gasteiger partial charge in [0.2, 0.25) is 0 Å². The molecule has 0 saturated heterocycles. The zero-order valence-corrected chi connectivity index (χ0v) is 15.9. The van der Waals surface area contributed by atoms with Gasteiger partial charge >= 0.3 is 0 Å². The van der Waals surface area contributed by atoms with Crippen molar-refractivity contribution in [3.8, 4) is 11.1 Å². The maximum Gasteiger partial charge on any atom is 0 e. The molecule has 0 nitrogen and oxygen atoms in total. The number of benzene rings is 2. The molecule has 0 fully saturated rings. The van der Waals surface area contributed by atoms with Crippen LogP contribution in [0.25, 0.3) is 11.1 Å². The maximum absolute atomic E-state index is 3.60. The van der Waals surface area contributed by atoms with Gasteiger partial charge in [-0.3, -0.25) is 0 Å². The van der Waals surface area contributed by atoms with E-state index in [0.29, 0.717) is 0 Å². The van der Waals surface area contributed by atoms with Gasteiger partial charge in [0.25, 0.3) is 0 Å². The summed E-state index contributed by atoms with van der Waals surface area (Å²) in [4.78, 5) is 0. The Bertz CT molecular complexity index is 416. The standard InChI is InChI=1S/C12H11P.C4H9.2ClH.Pd/c13-12-8-6-11(7-9-12)10-4-2-1-3-5-10;1-3-4-2;;;/h1-9H,13H2;1,3-4H2,2H3;2*1H;/q;-1;;;. The summed E-state index contributed by atoms with van der Waals surface area (Å²) < 4.78 is 0. The van der Waals surface area contributed by atoms with E-state index in [1.165, 1.54) is 22.9 Å². The normalized spacial score (nSPS) is 7.95. The third kappa shape index (κ3) is 9.93. The molecular formula is C16H22Cl2PPd-. The van der Waals surface area contributed by atoms with Gasteiger partial charge in [0, 0.05) is 20.4 Å². The van der Waals surface area contributed by atoms with Gasteiger partial charge in [-0.25, -0.2) is 0 Å². The summed E-state index contributed by atoms with van der Waals surface area (Å²) in [5.41, 5.74) is 2.54. The summed E-state index contributed by atoms with van der Waals surface area (Å²) in [5.74, 6) is 0. The first kappa shape index (κ1) is 25.1. The molecule has 1 atom stereocenters. The van der Waals surface area contributed by atoms with E-state index in [2.05, 4.69) is 71.6 Å². The Kier molecular flexibility index (Phi) is 19.4. The van der Waals surface area contributed by atoms with E-state index in [9.17, 15) is 0 Å². The molecule has 2 rings (SSSR count). The SMILES string of the molecule is Cl.Cl.Pc1ccc(-c2ccccc2)cc1.[CH2-]CCC.[Pd]. The number of hydrogen-bond donors (Lipinski definition) is 0. The topological polar surface area (TPSA) is 0 Å². The molecule has 2 aromatic rings. The van der Waals surface area contributed by atoms with Crippen molar-refractivity contribution >= 4 is 39.4 Å². The molecule has 0 bridgehead atoms. The zero-order chi connectivity index (χ0) is 12.5. The first-order valence-corrected chi connectivity index (χ1v) is 6.56. The first-order valence-electron chi connectivity index (χ1n) is 5.98. The minimum atomic E-state index is 0. The second kappa shape index (κ2) is 15.5. The van der Waals surface area contributed by atoms with Crippen molar-refractivity contribution in [2.45, 2.75) is 19.8 Å². The van der Waals surface area contributed by atoms with Crippen molar-refractivity contribution in [1.29, 1.82) is 0 Å². The van der Waals surface area contributed by atoms with Gasteiger partial charge in [-0.2, -0.15) is 6.42 Å².